The SMILES string of the molecule is O=S(=O)(CCC1CCNCC1)N(CCO)CC(F)F. The van der Waals surface area contributed by atoms with Gasteiger partial charge in [-0.25, -0.2) is 17.2 Å². The van der Waals surface area contributed by atoms with Gasteiger partial charge in [0.15, 0.2) is 0 Å². The number of hydrogen-bond donors (Lipinski definition) is 2. The first-order valence-corrected chi connectivity index (χ1v) is 8.14. The maximum Gasteiger partial charge on any atom is 0.252 e. The summed E-state index contributed by atoms with van der Waals surface area (Å²) in [6.07, 6.45) is -0.385. The zero-order chi connectivity index (χ0) is 14.3. The van der Waals surface area contributed by atoms with Gasteiger partial charge in [0.2, 0.25) is 10.0 Å². The molecule has 0 aromatic heterocycles. The Kier molecular flexibility index (Phi) is 7.12. The van der Waals surface area contributed by atoms with Crippen molar-refractivity contribution in [2.75, 3.05) is 38.5 Å². The molecular formula is C11H22F2N2O3S. The summed E-state index contributed by atoms with van der Waals surface area (Å²) in [6.45, 7) is 0.206. The number of halogens is 2. The van der Waals surface area contributed by atoms with E-state index in [1.165, 1.54) is 0 Å². The second-order valence-electron chi connectivity index (χ2n) is 4.77. The third-order valence-corrected chi connectivity index (χ3v) is 5.20. The van der Waals surface area contributed by atoms with E-state index in [4.69, 9.17) is 5.11 Å². The molecule has 0 unspecified atom stereocenters. The van der Waals surface area contributed by atoms with Gasteiger partial charge in [-0.15, -0.1) is 0 Å². The Morgan fingerprint density at radius 3 is 2.47 bits per heavy atom. The number of alkyl halides is 2. The molecule has 0 aromatic rings. The summed E-state index contributed by atoms with van der Waals surface area (Å²) >= 11 is 0. The van der Waals surface area contributed by atoms with E-state index >= 15 is 0 Å². The molecule has 0 bridgehead atoms. The molecule has 114 valence electrons. The van der Waals surface area contributed by atoms with Gasteiger partial charge in [-0.05, 0) is 38.3 Å². The summed E-state index contributed by atoms with van der Waals surface area (Å²) in [4.78, 5) is 0. The van der Waals surface area contributed by atoms with Crippen molar-refractivity contribution in [1.29, 1.82) is 0 Å². The first-order chi connectivity index (χ1) is 8.95. The number of aliphatic hydroxyl groups is 1. The Balaban J connectivity index is 2.50. The van der Waals surface area contributed by atoms with Crippen molar-refractivity contribution in [2.24, 2.45) is 5.92 Å². The van der Waals surface area contributed by atoms with Crippen LogP contribution in [0, 0.1) is 5.92 Å². The number of nitrogens with zero attached hydrogens (tertiary/aromatic N) is 1. The highest BCUT2D eigenvalue weighted by atomic mass is 32.2. The minimum absolute atomic E-state index is 0.121. The Hall–Kier alpha value is -0.310. The van der Waals surface area contributed by atoms with Gasteiger partial charge in [0.1, 0.15) is 0 Å². The molecule has 1 heterocycles. The number of aliphatic hydroxyl groups excluding tert-OH is 1. The summed E-state index contributed by atoms with van der Waals surface area (Å²) in [5.74, 6) is 0.211. The van der Waals surface area contributed by atoms with Crippen LogP contribution < -0.4 is 5.32 Å². The van der Waals surface area contributed by atoms with E-state index in [1.807, 2.05) is 0 Å². The topological polar surface area (TPSA) is 69.6 Å². The Morgan fingerprint density at radius 2 is 1.95 bits per heavy atom. The number of nitrogens with one attached hydrogen (secondary N) is 1. The zero-order valence-electron chi connectivity index (χ0n) is 10.9. The number of hydrogen-bond acceptors (Lipinski definition) is 4. The van der Waals surface area contributed by atoms with E-state index in [1.54, 1.807) is 0 Å². The summed E-state index contributed by atoms with van der Waals surface area (Å²) < 4.78 is 49.3. The lowest BCUT2D eigenvalue weighted by molar-refractivity contribution is 0.113. The first kappa shape index (κ1) is 16.7. The highest BCUT2D eigenvalue weighted by Gasteiger charge is 2.26. The van der Waals surface area contributed by atoms with Crippen LogP contribution in [-0.4, -0.2) is 62.8 Å². The van der Waals surface area contributed by atoms with Crippen molar-refractivity contribution in [2.45, 2.75) is 25.7 Å². The fraction of sp³-hybridized carbons (Fsp3) is 1.00. The van der Waals surface area contributed by atoms with E-state index in [-0.39, 0.29) is 12.3 Å². The maximum absolute atomic E-state index is 12.3. The lowest BCUT2D eigenvalue weighted by Gasteiger charge is -2.25. The van der Waals surface area contributed by atoms with Gasteiger partial charge in [-0.1, -0.05) is 0 Å². The highest BCUT2D eigenvalue weighted by Crippen LogP contribution is 2.18. The van der Waals surface area contributed by atoms with Crippen LogP contribution >= 0.6 is 0 Å². The van der Waals surface area contributed by atoms with Crippen molar-refractivity contribution in [3.63, 3.8) is 0 Å². The number of piperidine rings is 1. The van der Waals surface area contributed by atoms with E-state index in [0.29, 0.717) is 16.6 Å². The Bertz CT molecular complexity index is 346. The van der Waals surface area contributed by atoms with Gasteiger partial charge in [0.25, 0.3) is 6.43 Å². The molecule has 1 rings (SSSR count). The molecule has 5 nitrogen and oxygen atoms in total. The quantitative estimate of drug-likeness (QED) is 0.675. The molecule has 0 saturated carbocycles. The summed E-state index contributed by atoms with van der Waals surface area (Å²) in [5, 5.41) is 12.0. The molecule has 0 amide bonds. The van der Waals surface area contributed by atoms with Crippen molar-refractivity contribution in [3.05, 3.63) is 0 Å². The smallest absolute Gasteiger partial charge is 0.252 e. The second-order valence-corrected chi connectivity index (χ2v) is 6.86. The van der Waals surface area contributed by atoms with Crippen LogP contribution in [0.15, 0.2) is 0 Å². The van der Waals surface area contributed by atoms with Crippen LogP contribution in [0.3, 0.4) is 0 Å². The molecule has 1 saturated heterocycles. The fourth-order valence-electron chi connectivity index (χ4n) is 2.22. The molecule has 2 N–H and O–H groups in total. The van der Waals surface area contributed by atoms with E-state index < -0.39 is 29.6 Å². The average Bonchev–Trinajstić information content (AvgIpc) is 2.37. The van der Waals surface area contributed by atoms with Crippen LogP contribution in [0.4, 0.5) is 8.78 Å². The third kappa shape index (κ3) is 6.11. The fourth-order valence-corrected chi connectivity index (χ4v) is 3.81. The van der Waals surface area contributed by atoms with Gasteiger partial charge < -0.3 is 10.4 Å². The zero-order valence-corrected chi connectivity index (χ0v) is 11.7. The minimum Gasteiger partial charge on any atom is -0.395 e. The standard InChI is InChI=1S/C11H22F2N2O3S/c12-11(13)9-15(6-7-16)19(17,18)8-3-10-1-4-14-5-2-10/h10-11,14,16H,1-9H2. The molecule has 0 radical (unpaired) electrons. The predicted molar refractivity (Wildman–Crippen MR) is 68.7 cm³/mol. The molecule has 0 spiro atoms. The molecule has 0 aliphatic carbocycles. The summed E-state index contributed by atoms with van der Waals surface area (Å²) in [6, 6.07) is 0. The van der Waals surface area contributed by atoms with Crippen LogP contribution in [0.5, 0.6) is 0 Å². The maximum atomic E-state index is 12.3. The lowest BCUT2D eigenvalue weighted by Crippen LogP contribution is -2.39. The van der Waals surface area contributed by atoms with Crippen LogP contribution in [-0.2, 0) is 10.0 Å². The van der Waals surface area contributed by atoms with Gasteiger partial charge >= 0.3 is 0 Å². The highest BCUT2D eigenvalue weighted by molar-refractivity contribution is 7.89. The Morgan fingerprint density at radius 1 is 1.32 bits per heavy atom. The van der Waals surface area contributed by atoms with E-state index in [9.17, 15) is 17.2 Å². The van der Waals surface area contributed by atoms with Crippen LogP contribution in [0.2, 0.25) is 0 Å². The molecular weight excluding hydrogens is 278 g/mol. The van der Waals surface area contributed by atoms with Crippen molar-refractivity contribution < 1.29 is 22.3 Å². The molecule has 0 atom stereocenters. The van der Waals surface area contributed by atoms with Gasteiger partial charge in [0, 0.05) is 6.54 Å². The van der Waals surface area contributed by atoms with Gasteiger partial charge in [-0.3, -0.25) is 0 Å². The normalized spacial score (nSPS) is 18.4. The molecule has 1 aliphatic heterocycles. The van der Waals surface area contributed by atoms with Gasteiger partial charge in [0.05, 0.1) is 18.9 Å². The number of sulfonamides is 1. The molecule has 1 fully saturated rings. The molecule has 19 heavy (non-hydrogen) atoms. The number of rotatable bonds is 8. The van der Waals surface area contributed by atoms with Gasteiger partial charge in [-0.2, -0.15) is 4.31 Å². The van der Waals surface area contributed by atoms with Crippen molar-refractivity contribution in [3.8, 4) is 0 Å². The second kappa shape index (κ2) is 8.08. The summed E-state index contributed by atoms with van der Waals surface area (Å²) in [7, 11) is -3.71. The van der Waals surface area contributed by atoms with E-state index in [0.717, 1.165) is 25.9 Å². The van der Waals surface area contributed by atoms with Crippen LogP contribution in [0.1, 0.15) is 19.3 Å². The molecule has 0 aromatic carbocycles. The molecule has 8 heteroatoms. The first-order valence-electron chi connectivity index (χ1n) is 6.53. The lowest BCUT2D eigenvalue weighted by atomic mass is 9.96. The largest absolute Gasteiger partial charge is 0.395 e. The predicted octanol–water partition coefficient (Wildman–Crippen LogP) is 0.265. The molecule has 1 aliphatic rings. The van der Waals surface area contributed by atoms with Crippen molar-refractivity contribution >= 4 is 10.0 Å². The average molecular weight is 300 g/mol. The Labute approximate surface area is 113 Å². The van der Waals surface area contributed by atoms with Crippen LogP contribution in [0.25, 0.3) is 0 Å². The third-order valence-electron chi connectivity index (χ3n) is 3.33. The monoisotopic (exact) mass is 300 g/mol. The van der Waals surface area contributed by atoms with E-state index in [2.05, 4.69) is 5.32 Å². The summed E-state index contributed by atoms with van der Waals surface area (Å²) in [5.41, 5.74) is 0. The minimum atomic E-state index is -3.71. The van der Waals surface area contributed by atoms with Crippen molar-refractivity contribution in [1.82, 2.24) is 9.62 Å².